The van der Waals surface area contributed by atoms with E-state index in [1.54, 1.807) is 24.3 Å². The van der Waals surface area contributed by atoms with E-state index in [2.05, 4.69) is 74.6 Å². The minimum Gasteiger partial charge on any atom is -0.508 e. The van der Waals surface area contributed by atoms with Crippen LogP contribution in [0.5, 0.6) is 5.75 Å². The SMILES string of the molecule is CC(C)(C)c1ccc(-n2nc(-c3cc4ccccc4cn3)cc2CCCCCC(=O)N[C@@H](Cc2ccc(O)cc2)C(N)=O)cc1. The van der Waals surface area contributed by atoms with Gasteiger partial charge in [0.05, 0.1) is 11.4 Å². The van der Waals surface area contributed by atoms with Gasteiger partial charge < -0.3 is 16.2 Å². The maximum Gasteiger partial charge on any atom is 0.240 e. The van der Waals surface area contributed by atoms with Crippen LogP contribution in [0.25, 0.3) is 27.8 Å². The number of nitrogens with two attached hydrogens (primary N) is 1. The Kier molecular flexibility index (Phi) is 9.62. The monoisotopic (exact) mass is 603 g/mol. The zero-order valence-corrected chi connectivity index (χ0v) is 26.2. The summed E-state index contributed by atoms with van der Waals surface area (Å²) in [4.78, 5) is 29.3. The molecule has 8 heteroatoms. The number of phenols is 1. The number of nitrogens with zero attached hydrogens (tertiary/aromatic N) is 3. The molecule has 0 saturated carbocycles. The average molecular weight is 604 g/mol. The van der Waals surface area contributed by atoms with Gasteiger partial charge in [0.2, 0.25) is 11.8 Å². The predicted octanol–water partition coefficient (Wildman–Crippen LogP) is 6.41. The molecule has 5 rings (SSSR count). The molecular weight excluding hydrogens is 562 g/mol. The number of pyridine rings is 1. The van der Waals surface area contributed by atoms with Gasteiger partial charge in [-0.1, -0.05) is 75.7 Å². The summed E-state index contributed by atoms with van der Waals surface area (Å²) in [5, 5.41) is 19.5. The van der Waals surface area contributed by atoms with Crippen molar-refractivity contribution >= 4 is 22.6 Å². The van der Waals surface area contributed by atoms with Crippen LogP contribution in [0.15, 0.2) is 91.1 Å². The number of aromatic hydroxyl groups is 1. The van der Waals surface area contributed by atoms with E-state index in [4.69, 9.17) is 15.8 Å². The fourth-order valence-corrected chi connectivity index (χ4v) is 5.40. The van der Waals surface area contributed by atoms with E-state index >= 15 is 0 Å². The van der Waals surface area contributed by atoms with Gasteiger partial charge in [-0.05, 0) is 77.6 Å². The zero-order valence-electron chi connectivity index (χ0n) is 26.2. The Morgan fingerprint density at radius 3 is 2.29 bits per heavy atom. The third-order valence-electron chi connectivity index (χ3n) is 8.05. The van der Waals surface area contributed by atoms with Gasteiger partial charge in [0.1, 0.15) is 17.5 Å². The lowest BCUT2D eigenvalue weighted by atomic mass is 9.87. The second-order valence-electron chi connectivity index (χ2n) is 12.6. The van der Waals surface area contributed by atoms with Crippen molar-refractivity contribution in [3.05, 3.63) is 108 Å². The Hall–Kier alpha value is -4.98. The number of carbonyl (C=O) groups excluding carboxylic acids is 2. The maximum absolute atomic E-state index is 12.6. The van der Waals surface area contributed by atoms with Crippen LogP contribution in [0.1, 0.15) is 63.3 Å². The maximum atomic E-state index is 12.6. The molecule has 3 aromatic carbocycles. The number of aromatic nitrogens is 3. The molecule has 0 aliphatic rings. The number of phenolic OH excluding ortho intramolecular Hbond substituents is 1. The van der Waals surface area contributed by atoms with Crippen molar-refractivity contribution in [3.8, 4) is 22.8 Å². The van der Waals surface area contributed by atoms with Crippen LogP contribution in [-0.2, 0) is 27.8 Å². The molecule has 8 nitrogen and oxygen atoms in total. The summed E-state index contributed by atoms with van der Waals surface area (Å²) in [7, 11) is 0. The molecule has 5 aromatic rings. The molecule has 0 saturated heterocycles. The molecule has 0 radical (unpaired) electrons. The van der Waals surface area contributed by atoms with Gasteiger partial charge in [0, 0.05) is 30.1 Å². The van der Waals surface area contributed by atoms with Gasteiger partial charge in [-0.25, -0.2) is 4.68 Å². The summed E-state index contributed by atoms with van der Waals surface area (Å²) >= 11 is 0. The highest BCUT2D eigenvalue weighted by Gasteiger charge is 2.19. The molecule has 0 aliphatic carbocycles. The van der Waals surface area contributed by atoms with Crippen molar-refractivity contribution in [2.24, 2.45) is 5.73 Å². The number of nitrogens with one attached hydrogen (secondary N) is 1. The number of amides is 2. The second-order valence-corrected chi connectivity index (χ2v) is 12.6. The van der Waals surface area contributed by atoms with E-state index < -0.39 is 11.9 Å². The first kappa shape index (κ1) is 31.4. The number of unbranched alkanes of at least 4 members (excludes halogenated alkanes) is 2. The van der Waals surface area contributed by atoms with Crippen molar-refractivity contribution in [2.75, 3.05) is 0 Å². The topological polar surface area (TPSA) is 123 Å². The van der Waals surface area contributed by atoms with Crippen molar-refractivity contribution in [3.63, 3.8) is 0 Å². The van der Waals surface area contributed by atoms with Gasteiger partial charge in [-0.15, -0.1) is 0 Å². The van der Waals surface area contributed by atoms with Crippen molar-refractivity contribution in [1.82, 2.24) is 20.1 Å². The van der Waals surface area contributed by atoms with Gasteiger partial charge in [-0.3, -0.25) is 14.6 Å². The molecule has 0 fully saturated rings. The average Bonchev–Trinajstić information content (AvgIpc) is 3.45. The Morgan fingerprint density at radius 1 is 0.889 bits per heavy atom. The number of benzene rings is 3. The minimum atomic E-state index is -0.803. The lowest BCUT2D eigenvalue weighted by molar-refractivity contribution is -0.127. The molecule has 0 unspecified atom stereocenters. The standard InChI is InChI=1S/C37H41N5O3/c1-37(2,3)28-15-17-29(18-16-28)42-30(23-33(41-42)32-22-26-9-7-8-10-27(26)24-39-32)11-5-4-6-12-35(44)40-34(36(38)45)21-25-13-19-31(43)20-14-25/h7-10,13-20,22-24,34,43H,4-6,11-12,21H2,1-3H3,(H2,38,45)(H,40,44)/t34-/m0/s1. The third-order valence-corrected chi connectivity index (χ3v) is 8.05. The number of hydrogen-bond acceptors (Lipinski definition) is 5. The van der Waals surface area contributed by atoms with Crippen LogP contribution in [0.3, 0.4) is 0 Å². The van der Waals surface area contributed by atoms with Gasteiger partial charge >= 0.3 is 0 Å². The lowest BCUT2D eigenvalue weighted by Gasteiger charge is -2.19. The van der Waals surface area contributed by atoms with E-state index in [1.807, 2.05) is 23.0 Å². The van der Waals surface area contributed by atoms with E-state index in [9.17, 15) is 14.7 Å². The van der Waals surface area contributed by atoms with Crippen LogP contribution in [0.4, 0.5) is 0 Å². The van der Waals surface area contributed by atoms with Crippen LogP contribution in [0, 0.1) is 0 Å². The predicted molar refractivity (Wildman–Crippen MR) is 178 cm³/mol. The smallest absolute Gasteiger partial charge is 0.240 e. The van der Waals surface area contributed by atoms with Crippen LogP contribution in [0.2, 0.25) is 0 Å². The summed E-state index contributed by atoms with van der Waals surface area (Å²) in [6.45, 7) is 6.61. The van der Waals surface area contributed by atoms with Gasteiger partial charge in [-0.2, -0.15) is 5.10 Å². The first-order valence-corrected chi connectivity index (χ1v) is 15.5. The molecule has 4 N–H and O–H groups in total. The fraction of sp³-hybridized carbons (Fsp3) is 0.297. The van der Waals surface area contributed by atoms with E-state index in [-0.39, 0.29) is 23.5 Å². The zero-order chi connectivity index (χ0) is 32.0. The van der Waals surface area contributed by atoms with Crippen molar-refractivity contribution in [1.29, 1.82) is 0 Å². The summed E-state index contributed by atoms with van der Waals surface area (Å²) in [5.74, 6) is -0.648. The van der Waals surface area contributed by atoms with Crippen LogP contribution < -0.4 is 11.1 Å². The highest BCUT2D eigenvalue weighted by molar-refractivity contribution is 5.87. The molecule has 2 aromatic heterocycles. The number of primary amides is 1. The van der Waals surface area contributed by atoms with Gasteiger partial charge in [0.25, 0.3) is 0 Å². The molecule has 232 valence electrons. The molecule has 0 aliphatic heterocycles. The largest absolute Gasteiger partial charge is 0.508 e. The molecule has 45 heavy (non-hydrogen) atoms. The molecular formula is C37H41N5O3. The third kappa shape index (κ3) is 8.15. The number of hydrogen-bond donors (Lipinski definition) is 3. The number of fused-ring (bicyclic) bond motifs is 1. The number of rotatable bonds is 12. The number of carbonyl (C=O) groups is 2. The summed E-state index contributed by atoms with van der Waals surface area (Å²) in [6.07, 6.45) is 5.65. The van der Waals surface area contributed by atoms with Gasteiger partial charge in [0.15, 0.2) is 0 Å². The van der Waals surface area contributed by atoms with Crippen molar-refractivity contribution < 1.29 is 14.7 Å². The quantitative estimate of drug-likeness (QED) is 0.142. The van der Waals surface area contributed by atoms with Crippen molar-refractivity contribution in [2.45, 2.75) is 70.8 Å². The summed E-state index contributed by atoms with van der Waals surface area (Å²) in [5.41, 5.74) is 11.4. The first-order valence-electron chi connectivity index (χ1n) is 15.5. The Balaban J connectivity index is 1.24. The number of aryl methyl sites for hydroxylation is 1. The molecule has 0 bridgehead atoms. The van der Waals surface area contributed by atoms with E-state index in [0.29, 0.717) is 12.8 Å². The second kappa shape index (κ2) is 13.8. The molecule has 2 heterocycles. The lowest BCUT2D eigenvalue weighted by Crippen LogP contribution is -2.45. The van der Waals surface area contributed by atoms with E-state index in [0.717, 1.165) is 58.4 Å². The Bertz CT molecular complexity index is 1770. The molecule has 0 spiro atoms. The minimum absolute atomic E-state index is 0.0565. The highest BCUT2D eigenvalue weighted by atomic mass is 16.3. The highest BCUT2D eigenvalue weighted by Crippen LogP contribution is 2.27. The normalized spacial score (nSPS) is 12.2. The molecule has 2 amide bonds. The molecule has 1 atom stereocenters. The fourth-order valence-electron chi connectivity index (χ4n) is 5.40. The first-order chi connectivity index (χ1) is 21.6. The Morgan fingerprint density at radius 2 is 1.60 bits per heavy atom. The van der Waals surface area contributed by atoms with Crippen LogP contribution in [-0.4, -0.2) is 37.7 Å². The van der Waals surface area contributed by atoms with E-state index in [1.165, 1.54) is 5.56 Å². The van der Waals surface area contributed by atoms with Crippen LogP contribution >= 0.6 is 0 Å². The Labute approximate surface area is 264 Å². The summed E-state index contributed by atoms with van der Waals surface area (Å²) in [6, 6.07) is 26.6. The summed E-state index contributed by atoms with van der Waals surface area (Å²) < 4.78 is 2.01.